The van der Waals surface area contributed by atoms with E-state index in [1.807, 2.05) is 35.7 Å². The Morgan fingerprint density at radius 2 is 2.06 bits per heavy atom. The first-order valence-corrected chi connectivity index (χ1v) is 7.06. The fourth-order valence-corrected chi connectivity index (χ4v) is 3.20. The number of halogens is 1. The maximum absolute atomic E-state index is 12.5. The van der Waals surface area contributed by atoms with Crippen LogP contribution in [-0.4, -0.2) is 10.8 Å². The van der Waals surface area contributed by atoms with Crippen molar-refractivity contribution in [3.05, 3.63) is 63.7 Å². The lowest BCUT2D eigenvalue weighted by molar-refractivity contribution is 0.103. The van der Waals surface area contributed by atoms with Crippen molar-refractivity contribution >= 4 is 43.1 Å². The van der Waals surface area contributed by atoms with Crippen LogP contribution in [0.1, 0.15) is 16.1 Å². The van der Waals surface area contributed by atoms with Crippen LogP contribution in [0.25, 0.3) is 10.1 Å². The summed E-state index contributed by atoms with van der Waals surface area (Å²) in [7, 11) is 0. The Balaban J connectivity index is 2.18. The molecule has 0 spiro atoms. The van der Waals surface area contributed by atoms with Crippen molar-refractivity contribution in [2.75, 3.05) is 0 Å². The summed E-state index contributed by atoms with van der Waals surface area (Å²) < 4.78 is 1.74. The third kappa shape index (κ3) is 1.87. The summed E-state index contributed by atoms with van der Waals surface area (Å²) in [4.78, 5) is 16.6. The number of aromatic nitrogens is 1. The van der Waals surface area contributed by atoms with Gasteiger partial charge in [-0.2, -0.15) is 0 Å². The van der Waals surface area contributed by atoms with Gasteiger partial charge < -0.3 is 0 Å². The molecule has 2 nitrogen and oxygen atoms in total. The van der Waals surface area contributed by atoms with Crippen LogP contribution in [0.5, 0.6) is 0 Å². The summed E-state index contributed by atoms with van der Waals surface area (Å²) in [6.45, 7) is 0. The van der Waals surface area contributed by atoms with Gasteiger partial charge in [0.25, 0.3) is 0 Å². The third-order valence-electron chi connectivity index (χ3n) is 2.70. The number of hydrogen-bond acceptors (Lipinski definition) is 3. The van der Waals surface area contributed by atoms with E-state index in [4.69, 9.17) is 0 Å². The van der Waals surface area contributed by atoms with Crippen LogP contribution in [-0.2, 0) is 0 Å². The molecule has 0 bridgehead atoms. The summed E-state index contributed by atoms with van der Waals surface area (Å²) in [5.74, 6) is -0.0458. The average molecular weight is 318 g/mol. The Morgan fingerprint density at radius 3 is 2.89 bits per heavy atom. The minimum Gasteiger partial charge on any atom is -0.287 e. The molecule has 0 saturated heterocycles. The second kappa shape index (κ2) is 4.63. The molecule has 88 valence electrons. The van der Waals surface area contributed by atoms with Gasteiger partial charge in [-0.3, -0.25) is 9.78 Å². The fraction of sp³-hybridized carbons (Fsp3) is 0. The van der Waals surface area contributed by atoms with Gasteiger partial charge in [0.05, 0.1) is 0 Å². The van der Waals surface area contributed by atoms with E-state index in [2.05, 4.69) is 20.9 Å². The average Bonchev–Trinajstić information content (AvgIpc) is 2.86. The van der Waals surface area contributed by atoms with Crippen molar-refractivity contribution in [1.29, 1.82) is 0 Å². The summed E-state index contributed by atoms with van der Waals surface area (Å²) in [6.07, 6.45) is 1.63. The quantitative estimate of drug-likeness (QED) is 0.660. The van der Waals surface area contributed by atoms with Gasteiger partial charge in [-0.15, -0.1) is 11.3 Å². The molecular weight excluding hydrogens is 310 g/mol. The Morgan fingerprint density at radius 1 is 1.17 bits per heavy atom. The van der Waals surface area contributed by atoms with Crippen LogP contribution in [0, 0.1) is 0 Å². The first-order valence-electron chi connectivity index (χ1n) is 5.39. The number of hydrogen-bond donors (Lipinski definition) is 0. The molecule has 0 aliphatic rings. The summed E-state index contributed by atoms with van der Waals surface area (Å²) in [6, 6.07) is 11.4. The lowest BCUT2D eigenvalue weighted by Crippen LogP contribution is -2.04. The molecule has 18 heavy (non-hydrogen) atoms. The number of benzene rings is 1. The minimum atomic E-state index is -0.0458. The highest BCUT2D eigenvalue weighted by atomic mass is 79.9. The molecular formula is C14H8BrNOS. The van der Waals surface area contributed by atoms with Gasteiger partial charge in [0.15, 0.2) is 0 Å². The van der Waals surface area contributed by atoms with Crippen molar-refractivity contribution < 1.29 is 4.79 Å². The third-order valence-corrected chi connectivity index (χ3v) is 4.30. The molecule has 0 amide bonds. The SMILES string of the molecule is O=C(c1ncccc1Br)c1cccc2ccsc12. The molecule has 0 radical (unpaired) electrons. The van der Waals surface area contributed by atoms with Gasteiger partial charge in [0, 0.05) is 20.9 Å². The van der Waals surface area contributed by atoms with Gasteiger partial charge >= 0.3 is 0 Å². The van der Waals surface area contributed by atoms with E-state index in [0.717, 1.165) is 14.6 Å². The standard InChI is InChI=1S/C14H8BrNOS/c15-11-5-2-7-16-12(11)13(17)10-4-1-3-9-6-8-18-14(9)10/h1-8H. The molecule has 0 aliphatic carbocycles. The van der Waals surface area contributed by atoms with Gasteiger partial charge in [0.2, 0.25) is 5.78 Å². The topological polar surface area (TPSA) is 30.0 Å². The summed E-state index contributed by atoms with van der Waals surface area (Å²) >= 11 is 4.95. The van der Waals surface area contributed by atoms with Crippen molar-refractivity contribution in [1.82, 2.24) is 4.98 Å². The zero-order valence-corrected chi connectivity index (χ0v) is 11.7. The van der Waals surface area contributed by atoms with Gasteiger partial charge in [-0.25, -0.2) is 0 Å². The monoisotopic (exact) mass is 317 g/mol. The zero-order valence-electron chi connectivity index (χ0n) is 9.26. The van der Waals surface area contributed by atoms with Crippen LogP contribution in [0.3, 0.4) is 0 Å². The maximum atomic E-state index is 12.5. The van der Waals surface area contributed by atoms with Crippen LogP contribution >= 0.6 is 27.3 Å². The smallest absolute Gasteiger partial charge is 0.213 e. The number of rotatable bonds is 2. The lowest BCUT2D eigenvalue weighted by Gasteiger charge is -2.03. The largest absolute Gasteiger partial charge is 0.287 e. The highest BCUT2D eigenvalue weighted by Crippen LogP contribution is 2.27. The number of pyridine rings is 1. The van der Waals surface area contributed by atoms with Crippen LogP contribution < -0.4 is 0 Å². The maximum Gasteiger partial charge on any atom is 0.213 e. The second-order valence-electron chi connectivity index (χ2n) is 3.81. The second-order valence-corrected chi connectivity index (χ2v) is 5.58. The van der Waals surface area contributed by atoms with E-state index >= 15 is 0 Å². The normalized spacial score (nSPS) is 10.7. The van der Waals surface area contributed by atoms with Crippen molar-refractivity contribution in [3.8, 4) is 0 Å². The van der Waals surface area contributed by atoms with Crippen LogP contribution in [0.4, 0.5) is 0 Å². The first kappa shape index (κ1) is 11.6. The first-order chi connectivity index (χ1) is 8.77. The number of thiophene rings is 1. The molecule has 0 aliphatic heterocycles. The zero-order chi connectivity index (χ0) is 12.5. The Hall–Kier alpha value is -1.52. The van der Waals surface area contributed by atoms with Gasteiger partial charge in [-0.05, 0) is 51.0 Å². The molecule has 0 N–H and O–H groups in total. The predicted octanol–water partition coefficient (Wildman–Crippen LogP) is 4.29. The van der Waals surface area contributed by atoms with Crippen molar-refractivity contribution in [2.24, 2.45) is 0 Å². The minimum absolute atomic E-state index is 0.0458. The highest BCUT2D eigenvalue weighted by Gasteiger charge is 2.16. The molecule has 0 fully saturated rings. The Bertz CT molecular complexity index is 735. The van der Waals surface area contributed by atoms with Crippen molar-refractivity contribution in [3.63, 3.8) is 0 Å². The molecule has 2 heterocycles. The van der Waals surface area contributed by atoms with Gasteiger partial charge in [-0.1, -0.05) is 12.1 Å². The number of carbonyl (C=O) groups is 1. The molecule has 0 unspecified atom stereocenters. The summed E-state index contributed by atoms with van der Waals surface area (Å²) in [5, 5.41) is 3.09. The predicted molar refractivity (Wildman–Crippen MR) is 77.2 cm³/mol. The lowest BCUT2D eigenvalue weighted by atomic mass is 10.1. The number of fused-ring (bicyclic) bond motifs is 1. The molecule has 1 aromatic carbocycles. The van der Waals surface area contributed by atoms with Gasteiger partial charge in [0.1, 0.15) is 5.69 Å². The fourth-order valence-electron chi connectivity index (χ4n) is 1.85. The molecule has 3 rings (SSSR count). The molecule has 2 aromatic heterocycles. The number of ketones is 1. The van der Waals surface area contributed by atoms with E-state index in [0.29, 0.717) is 11.3 Å². The molecule has 0 saturated carbocycles. The summed E-state index contributed by atoms with van der Waals surface area (Å²) in [5.41, 5.74) is 1.17. The van der Waals surface area contributed by atoms with E-state index in [1.54, 1.807) is 23.6 Å². The molecule has 0 atom stereocenters. The Labute approximate surface area is 116 Å². The Kier molecular flexibility index (Phi) is 2.97. The molecule has 3 aromatic rings. The van der Waals surface area contributed by atoms with E-state index in [9.17, 15) is 4.79 Å². The van der Waals surface area contributed by atoms with E-state index in [-0.39, 0.29) is 5.78 Å². The highest BCUT2D eigenvalue weighted by molar-refractivity contribution is 9.10. The van der Waals surface area contributed by atoms with Crippen LogP contribution in [0.15, 0.2) is 52.4 Å². The van der Waals surface area contributed by atoms with Crippen molar-refractivity contribution in [2.45, 2.75) is 0 Å². The number of carbonyl (C=O) groups excluding carboxylic acids is 1. The van der Waals surface area contributed by atoms with E-state index < -0.39 is 0 Å². The number of nitrogens with zero attached hydrogens (tertiary/aromatic N) is 1. The molecule has 4 heteroatoms. The van der Waals surface area contributed by atoms with Crippen LogP contribution in [0.2, 0.25) is 0 Å². The van der Waals surface area contributed by atoms with E-state index in [1.165, 1.54) is 0 Å².